The summed E-state index contributed by atoms with van der Waals surface area (Å²) in [5.74, 6) is -0.462. The van der Waals surface area contributed by atoms with Crippen molar-refractivity contribution in [3.8, 4) is 0 Å². The van der Waals surface area contributed by atoms with E-state index in [1.807, 2.05) is 24.3 Å². The molecule has 0 unspecified atom stereocenters. The zero-order valence-electron chi connectivity index (χ0n) is 14.9. The first-order valence-corrected chi connectivity index (χ1v) is 10.1. The lowest BCUT2D eigenvalue weighted by molar-refractivity contribution is -0.123. The molecule has 0 radical (unpaired) electrons. The largest absolute Gasteiger partial charge is 0.368 e. The highest BCUT2D eigenvalue weighted by molar-refractivity contribution is 6.35. The van der Waals surface area contributed by atoms with Crippen molar-refractivity contribution in [1.82, 2.24) is 4.90 Å². The minimum atomic E-state index is -0.460. The van der Waals surface area contributed by atoms with Crippen molar-refractivity contribution in [2.75, 3.05) is 36.0 Å². The topological polar surface area (TPSA) is 43.9 Å². The number of imide groups is 1. The molecule has 0 saturated carbocycles. The molecule has 2 amide bonds. The third-order valence-electron chi connectivity index (χ3n) is 5.18. The van der Waals surface area contributed by atoms with E-state index in [0.29, 0.717) is 33.8 Å². The van der Waals surface area contributed by atoms with Gasteiger partial charge in [-0.05, 0) is 30.3 Å². The van der Waals surface area contributed by atoms with Crippen LogP contribution in [0.25, 0.3) is 0 Å². The Morgan fingerprint density at radius 2 is 1.50 bits per heavy atom. The van der Waals surface area contributed by atoms with Crippen molar-refractivity contribution < 1.29 is 9.59 Å². The van der Waals surface area contributed by atoms with E-state index in [-0.39, 0.29) is 18.2 Å². The number of carbonyl (C=O) groups is 2. The summed E-state index contributed by atoms with van der Waals surface area (Å²) in [5, 5.41) is 1.49. The molecule has 2 aromatic carbocycles. The second-order valence-electron chi connectivity index (χ2n) is 6.89. The lowest BCUT2D eigenvalue weighted by Crippen LogP contribution is -2.52. The zero-order chi connectivity index (χ0) is 19.8. The van der Waals surface area contributed by atoms with Crippen molar-refractivity contribution in [3.63, 3.8) is 0 Å². The van der Waals surface area contributed by atoms with E-state index in [1.54, 1.807) is 18.2 Å². The van der Waals surface area contributed by atoms with Crippen LogP contribution in [0.15, 0.2) is 42.5 Å². The maximum absolute atomic E-state index is 13.0. The lowest BCUT2D eigenvalue weighted by atomic mass is 10.1. The summed E-state index contributed by atoms with van der Waals surface area (Å²) in [6.45, 7) is 2.84. The van der Waals surface area contributed by atoms with Gasteiger partial charge in [0.2, 0.25) is 5.91 Å². The Bertz CT molecular complexity index is 908. The molecule has 0 aliphatic carbocycles. The molecule has 2 saturated heterocycles. The highest BCUT2D eigenvalue weighted by Crippen LogP contribution is 2.32. The van der Waals surface area contributed by atoms with Gasteiger partial charge in [0.25, 0.3) is 5.91 Å². The second-order valence-corrected chi connectivity index (χ2v) is 8.17. The number of halogens is 3. The fourth-order valence-corrected chi connectivity index (χ4v) is 4.59. The van der Waals surface area contributed by atoms with Crippen LogP contribution in [-0.4, -0.2) is 48.9 Å². The molecule has 28 heavy (non-hydrogen) atoms. The van der Waals surface area contributed by atoms with Gasteiger partial charge in [-0.1, -0.05) is 46.9 Å². The van der Waals surface area contributed by atoms with Crippen LogP contribution in [0, 0.1) is 0 Å². The van der Waals surface area contributed by atoms with Gasteiger partial charge in [-0.2, -0.15) is 0 Å². The summed E-state index contributed by atoms with van der Waals surface area (Å²) in [6, 6.07) is 12.0. The molecule has 4 rings (SSSR count). The van der Waals surface area contributed by atoms with Crippen LogP contribution in [0.1, 0.15) is 6.42 Å². The highest BCUT2D eigenvalue weighted by atomic mass is 35.5. The summed E-state index contributed by atoms with van der Waals surface area (Å²) < 4.78 is 0. The van der Waals surface area contributed by atoms with Crippen LogP contribution in [-0.2, 0) is 9.59 Å². The van der Waals surface area contributed by atoms with E-state index < -0.39 is 6.04 Å². The van der Waals surface area contributed by atoms with E-state index in [4.69, 9.17) is 34.8 Å². The molecule has 2 aliphatic rings. The molecule has 2 heterocycles. The van der Waals surface area contributed by atoms with Crippen LogP contribution >= 0.6 is 34.8 Å². The summed E-state index contributed by atoms with van der Waals surface area (Å²) in [7, 11) is 0. The fraction of sp³-hybridized carbons (Fsp3) is 0.300. The predicted molar refractivity (Wildman–Crippen MR) is 113 cm³/mol. The lowest BCUT2D eigenvalue weighted by Gasteiger charge is -2.38. The minimum absolute atomic E-state index is 0.162. The number of amides is 2. The molecular weight excluding hydrogens is 421 g/mol. The summed E-state index contributed by atoms with van der Waals surface area (Å²) in [4.78, 5) is 31.0. The summed E-state index contributed by atoms with van der Waals surface area (Å²) in [6.07, 6.45) is 0.162. The molecular formula is C20H18Cl3N3O2. The van der Waals surface area contributed by atoms with Crippen LogP contribution in [0.2, 0.25) is 15.1 Å². The molecule has 0 bridgehead atoms. The Balaban J connectivity index is 1.47. The number of benzene rings is 2. The second kappa shape index (κ2) is 7.91. The first-order valence-electron chi connectivity index (χ1n) is 9.00. The van der Waals surface area contributed by atoms with Gasteiger partial charge in [-0.15, -0.1) is 0 Å². The van der Waals surface area contributed by atoms with Gasteiger partial charge < -0.3 is 4.90 Å². The number of para-hydroxylation sites is 1. The van der Waals surface area contributed by atoms with Crippen molar-refractivity contribution in [1.29, 1.82) is 0 Å². The maximum atomic E-state index is 13.0. The van der Waals surface area contributed by atoms with Gasteiger partial charge in [-0.25, -0.2) is 4.90 Å². The first-order chi connectivity index (χ1) is 13.4. The highest BCUT2D eigenvalue weighted by Gasteiger charge is 2.43. The van der Waals surface area contributed by atoms with Crippen molar-refractivity contribution in [3.05, 3.63) is 57.5 Å². The Kier molecular flexibility index (Phi) is 5.52. The molecule has 1 atom stereocenters. The van der Waals surface area contributed by atoms with Gasteiger partial charge in [0, 0.05) is 36.2 Å². The van der Waals surface area contributed by atoms with Crippen LogP contribution in [0.3, 0.4) is 0 Å². The molecule has 5 nitrogen and oxygen atoms in total. The number of piperazine rings is 1. The minimum Gasteiger partial charge on any atom is -0.368 e. The van der Waals surface area contributed by atoms with Crippen LogP contribution in [0.4, 0.5) is 11.4 Å². The van der Waals surface area contributed by atoms with Gasteiger partial charge in [-0.3, -0.25) is 14.5 Å². The van der Waals surface area contributed by atoms with Crippen LogP contribution < -0.4 is 9.80 Å². The van der Waals surface area contributed by atoms with E-state index in [1.165, 1.54) is 4.90 Å². The smallest absolute Gasteiger partial charge is 0.251 e. The van der Waals surface area contributed by atoms with E-state index >= 15 is 0 Å². The van der Waals surface area contributed by atoms with Crippen molar-refractivity contribution in [2.45, 2.75) is 12.5 Å². The summed E-state index contributed by atoms with van der Waals surface area (Å²) in [5.41, 5.74) is 1.41. The monoisotopic (exact) mass is 437 g/mol. The number of hydrogen-bond acceptors (Lipinski definition) is 4. The van der Waals surface area contributed by atoms with Gasteiger partial charge in [0.15, 0.2) is 0 Å². The third-order valence-corrected chi connectivity index (χ3v) is 5.93. The number of hydrogen-bond donors (Lipinski definition) is 0. The standard InChI is InChI=1S/C20H18Cl3N3O2/c21-13-9-14(22)11-15(10-13)26-19(27)12-18(20(26)28)25-7-5-24(6-8-25)17-4-2-1-3-16(17)23/h1-4,9-11,18H,5-8,12H2/t18-/m0/s1. The molecule has 146 valence electrons. The fourth-order valence-electron chi connectivity index (χ4n) is 3.82. The summed E-state index contributed by atoms with van der Waals surface area (Å²) >= 11 is 18.4. The van der Waals surface area contributed by atoms with Crippen molar-refractivity contribution >= 4 is 58.0 Å². The Hall–Kier alpha value is -1.79. The molecule has 0 spiro atoms. The quantitative estimate of drug-likeness (QED) is 0.677. The third kappa shape index (κ3) is 3.72. The molecule has 8 heteroatoms. The molecule has 2 fully saturated rings. The van der Waals surface area contributed by atoms with E-state index in [0.717, 1.165) is 18.8 Å². The van der Waals surface area contributed by atoms with E-state index in [2.05, 4.69) is 9.80 Å². The van der Waals surface area contributed by atoms with Crippen LogP contribution in [0.5, 0.6) is 0 Å². The molecule has 2 aliphatic heterocycles. The van der Waals surface area contributed by atoms with Gasteiger partial charge in [0.1, 0.15) is 0 Å². The SMILES string of the molecule is O=C1C[C@H](N2CCN(c3ccccc3Cl)CC2)C(=O)N1c1cc(Cl)cc(Cl)c1. The number of nitrogens with zero attached hydrogens (tertiary/aromatic N) is 3. The number of anilines is 2. The normalized spacial score (nSPS) is 20.9. The van der Waals surface area contributed by atoms with Gasteiger partial charge >= 0.3 is 0 Å². The van der Waals surface area contributed by atoms with Crippen molar-refractivity contribution in [2.24, 2.45) is 0 Å². The van der Waals surface area contributed by atoms with E-state index in [9.17, 15) is 9.59 Å². The Labute approximate surface area is 178 Å². The predicted octanol–water partition coefficient (Wildman–Crippen LogP) is 4.10. The average Bonchev–Trinajstić information content (AvgIpc) is 2.96. The Morgan fingerprint density at radius 1 is 0.857 bits per heavy atom. The number of carbonyl (C=O) groups excluding carboxylic acids is 2. The average molecular weight is 439 g/mol. The number of rotatable bonds is 3. The molecule has 0 N–H and O–H groups in total. The van der Waals surface area contributed by atoms with Gasteiger partial charge in [0.05, 0.1) is 28.9 Å². The Morgan fingerprint density at radius 3 is 2.14 bits per heavy atom. The molecule has 2 aromatic rings. The first kappa shape index (κ1) is 19.5. The zero-order valence-corrected chi connectivity index (χ0v) is 17.2. The maximum Gasteiger partial charge on any atom is 0.251 e. The molecule has 0 aromatic heterocycles.